The Labute approximate surface area is 190 Å². The molecule has 0 fully saturated rings. The summed E-state index contributed by atoms with van der Waals surface area (Å²) >= 11 is 0. The van der Waals surface area contributed by atoms with E-state index < -0.39 is 5.97 Å². The normalized spacial score (nSPS) is 15.3. The molecule has 166 valence electrons. The van der Waals surface area contributed by atoms with Gasteiger partial charge in [-0.05, 0) is 73.2 Å². The molecule has 0 atom stereocenters. The number of hydrogen-bond donors (Lipinski definition) is 1. The number of ether oxygens (including phenoxy) is 1. The van der Waals surface area contributed by atoms with E-state index in [2.05, 4.69) is 60.4 Å². The van der Waals surface area contributed by atoms with Gasteiger partial charge in [0.05, 0.1) is 12.2 Å². The molecule has 0 amide bonds. The quantitative estimate of drug-likeness (QED) is 0.567. The molecule has 1 N–H and O–H groups in total. The Kier molecular flexibility index (Phi) is 7.23. The smallest absolute Gasteiger partial charge is 0.335 e. The number of rotatable bonds is 3. The van der Waals surface area contributed by atoms with Gasteiger partial charge in [0.25, 0.3) is 0 Å². The van der Waals surface area contributed by atoms with E-state index in [1.54, 1.807) is 18.2 Å². The van der Waals surface area contributed by atoms with Crippen molar-refractivity contribution in [2.75, 3.05) is 13.2 Å². The van der Waals surface area contributed by atoms with Crippen LogP contribution in [0.1, 0.15) is 57.4 Å². The van der Waals surface area contributed by atoms with Crippen molar-refractivity contribution in [3.05, 3.63) is 100 Å². The highest BCUT2D eigenvalue weighted by molar-refractivity contribution is 5.88. The maximum absolute atomic E-state index is 11.5. The van der Waals surface area contributed by atoms with Gasteiger partial charge in [-0.15, -0.1) is 0 Å². The van der Waals surface area contributed by atoms with Crippen molar-refractivity contribution < 1.29 is 14.6 Å². The molecule has 1 heterocycles. The Morgan fingerprint density at radius 1 is 0.969 bits per heavy atom. The highest BCUT2D eigenvalue weighted by Crippen LogP contribution is 2.25. The molecule has 0 unspecified atom stereocenters. The lowest BCUT2D eigenvalue weighted by atomic mass is 9.99. The van der Waals surface area contributed by atoms with Crippen molar-refractivity contribution in [3.63, 3.8) is 0 Å². The van der Waals surface area contributed by atoms with E-state index in [4.69, 9.17) is 4.74 Å². The Balaban J connectivity index is 1.59. The summed E-state index contributed by atoms with van der Waals surface area (Å²) in [5.74, 6) is -0.119. The molecule has 3 aromatic rings. The highest BCUT2D eigenvalue weighted by atomic mass is 16.5. The minimum Gasteiger partial charge on any atom is -0.493 e. The Bertz CT molecular complexity index is 1060. The predicted octanol–water partition coefficient (Wildman–Crippen LogP) is 5.85. The summed E-state index contributed by atoms with van der Waals surface area (Å²) in [7, 11) is 0. The predicted molar refractivity (Wildman–Crippen MR) is 127 cm³/mol. The lowest BCUT2D eigenvalue weighted by Crippen LogP contribution is -2.24. The molecule has 4 nitrogen and oxygen atoms in total. The van der Waals surface area contributed by atoms with Crippen LogP contribution in [-0.2, 0) is 19.5 Å². The summed E-state index contributed by atoms with van der Waals surface area (Å²) in [4.78, 5) is 14.0. The summed E-state index contributed by atoms with van der Waals surface area (Å²) in [5, 5.41) is 9.42. The zero-order chi connectivity index (χ0) is 22.3. The van der Waals surface area contributed by atoms with E-state index in [1.807, 2.05) is 0 Å². The van der Waals surface area contributed by atoms with E-state index in [9.17, 15) is 9.90 Å². The third-order valence-electron chi connectivity index (χ3n) is 6.00. The van der Waals surface area contributed by atoms with Crippen molar-refractivity contribution in [2.45, 2.75) is 45.7 Å². The monoisotopic (exact) mass is 429 g/mol. The summed E-state index contributed by atoms with van der Waals surface area (Å²) in [6, 6.07) is 22.6. The first kappa shape index (κ1) is 22.1. The average Bonchev–Trinajstić information content (AvgIpc) is 2.78. The van der Waals surface area contributed by atoms with Crippen LogP contribution in [0.15, 0.2) is 66.7 Å². The number of hydrogen-bond acceptors (Lipinski definition) is 3. The van der Waals surface area contributed by atoms with Gasteiger partial charge in [-0.1, -0.05) is 54.1 Å². The molecule has 4 rings (SSSR count). The van der Waals surface area contributed by atoms with Crippen LogP contribution >= 0.6 is 0 Å². The summed E-state index contributed by atoms with van der Waals surface area (Å²) in [6.07, 6.45) is 3.87. The fourth-order valence-electron chi connectivity index (χ4n) is 4.27. The number of fused-ring (bicyclic) bond motifs is 3. The van der Waals surface area contributed by atoms with Crippen LogP contribution in [0.5, 0.6) is 5.75 Å². The second-order valence-electron chi connectivity index (χ2n) is 8.73. The van der Waals surface area contributed by atoms with Gasteiger partial charge in [0.2, 0.25) is 0 Å². The lowest BCUT2D eigenvalue weighted by molar-refractivity contribution is 0.0696. The molecule has 0 radical (unpaired) electrons. The maximum Gasteiger partial charge on any atom is 0.335 e. The second kappa shape index (κ2) is 10.5. The van der Waals surface area contributed by atoms with Crippen molar-refractivity contribution in [1.29, 1.82) is 0 Å². The van der Waals surface area contributed by atoms with Crippen molar-refractivity contribution in [2.24, 2.45) is 0 Å². The topological polar surface area (TPSA) is 49.8 Å². The van der Waals surface area contributed by atoms with Gasteiger partial charge in [0.1, 0.15) is 5.75 Å². The third-order valence-corrected chi connectivity index (χ3v) is 6.00. The van der Waals surface area contributed by atoms with Crippen LogP contribution in [0.25, 0.3) is 0 Å². The number of carboxylic acid groups (broad SMARTS) is 1. The fraction of sp³-hybridized carbons (Fsp3) is 0.321. The molecular formula is C28H31NO3. The number of aryl methyl sites for hydroxylation is 1. The van der Waals surface area contributed by atoms with Crippen LogP contribution in [0.3, 0.4) is 0 Å². The molecule has 1 aliphatic rings. The molecule has 4 heteroatoms. The minimum absolute atomic E-state index is 0.300. The summed E-state index contributed by atoms with van der Waals surface area (Å²) < 4.78 is 6.07. The van der Waals surface area contributed by atoms with E-state index in [1.165, 1.54) is 22.3 Å². The molecule has 0 spiro atoms. The first-order chi connectivity index (χ1) is 15.6. The van der Waals surface area contributed by atoms with Crippen molar-refractivity contribution in [3.8, 4) is 5.75 Å². The van der Waals surface area contributed by atoms with Crippen LogP contribution in [0, 0.1) is 6.92 Å². The molecule has 0 saturated carbocycles. The molecule has 0 saturated heterocycles. The number of carbonyl (C=O) groups is 1. The summed E-state index contributed by atoms with van der Waals surface area (Å²) in [5.41, 5.74) is 6.30. The average molecular weight is 430 g/mol. The van der Waals surface area contributed by atoms with Gasteiger partial charge in [-0.2, -0.15) is 0 Å². The lowest BCUT2D eigenvalue weighted by Gasteiger charge is -2.23. The largest absolute Gasteiger partial charge is 0.493 e. The summed E-state index contributed by atoms with van der Waals surface area (Å²) in [6.45, 7) is 5.66. The van der Waals surface area contributed by atoms with E-state index in [0.29, 0.717) is 18.6 Å². The first-order valence-corrected chi connectivity index (χ1v) is 11.4. The SMILES string of the molecule is Cc1ccc(CN2CCCCCOc3ccc(C(=O)O)cc3Cc3cccc(c3)C2)cc1. The Hall–Kier alpha value is -3.11. The highest BCUT2D eigenvalue weighted by Gasteiger charge is 2.13. The molecule has 1 aliphatic heterocycles. The van der Waals surface area contributed by atoms with Gasteiger partial charge >= 0.3 is 5.97 Å². The van der Waals surface area contributed by atoms with Gasteiger partial charge in [-0.25, -0.2) is 4.79 Å². The van der Waals surface area contributed by atoms with Gasteiger partial charge in [0, 0.05) is 19.5 Å². The maximum atomic E-state index is 11.5. The number of carboxylic acids is 1. The van der Waals surface area contributed by atoms with Crippen molar-refractivity contribution in [1.82, 2.24) is 4.90 Å². The molecule has 0 aromatic heterocycles. The first-order valence-electron chi connectivity index (χ1n) is 11.4. The van der Waals surface area contributed by atoms with Crippen LogP contribution in [0.4, 0.5) is 0 Å². The van der Waals surface area contributed by atoms with Crippen molar-refractivity contribution >= 4 is 5.97 Å². The number of aromatic carboxylic acids is 1. The molecular weight excluding hydrogens is 398 g/mol. The van der Waals surface area contributed by atoms with Crippen LogP contribution in [-0.4, -0.2) is 29.1 Å². The van der Waals surface area contributed by atoms with E-state index in [-0.39, 0.29) is 0 Å². The molecule has 32 heavy (non-hydrogen) atoms. The number of nitrogens with zero attached hydrogens (tertiary/aromatic N) is 1. The Morgan fingerprint density at radius 3 is 2.59 bits per heavy atom. The minimum atomic E-state index is -0.910. The number of benzene rings is 3. The zero-order valence-electron chi connectivity index (χ0n) is 18.7. The van der Waals surface area contributed by atoms with Crippen LogP contribution in [0.2, 0.25) is 0 Å². The Morgan fingerprint density at radius 2 is 1.78 bits per heavy atom. The van der Waals surface area contributed by atoms with Gasteiger partial charge in [-0.3, -0.25) is 4.90 Å². The molecule has 2 bridgehead atoms. The standard InChI is InChI=1S/C28H31NO3/c1-21-8-10-22(11-9-21)19-29-14-3-2-4-15-32-27-13-12-25(28(30)31)18-26(27)17-23-6-5-7-24(16-23)20-29/h5-13,16,18H,2-4,14-15,17,19-20H2,1H3,(H,30,31). The molecule has 3 aromatic carbocycles. The molecule has 0 aliphatic carbocycles. The van der Waals surface area contributed by atoms with E-state index >= 15 is 0 Å². The zero-order valence-corrected chi connectivity index (χ0v) is 18.7. The van der Waals surface area contributed by atoms with E-state index in [0.717, 1.165) is 50.2 Å². The fourth-order valence-corrected chi connectivity index (χ4v) is 4.27. The van der Waals surface area contributed by atoms with Gasteiger partial charge < -0.3 is 9.84 Å². The third kappa shape index (κ3) is 5.98. The van der Waals surface area contributed by atoms with Crippen LogP contribution < -0.4 is 4.74 Å². The second-order valence-corrected chi connectivity index (χ2v) is 8.73. The van der Waals surface area contributed by atoms with Gasteiger partial charge in [0.15, 0.2) is 0 Å².